The predicted octanol–water partition coefficient (Wildman–Crippen LogP) is 1.71. The fraction of sp³-hybridized carbons (Fsp3) is 0.588. The maximum Gasteiger partial charge on any atom is 0.240 e. The van der Waals surface area contributed by atoms with Crippen molar-refractivity contribution in [1.29, 1.82) is 0 Å². The summed E-state index contributed by atoms with van der Waals surface area (Å²) in [6.07, 6.45) is 3.59. The molecule has 1 aromatic carbocycles. The molecule has 0 saturated carbocycles. The Balaban J connectivity index is 1.58. The molecule has 0 spiro atoms. The Kier molecular flexibility index (Phi) is 6.05. The molecule has 11 heteroatoms. The molecule has 1 aromatic rings. The second-order valence-corrected chi connectivity index (χ2v) is 11.8. The number of hydrogen-bond donors (Lipinski definition) is 1. The van der Waals surface area contributed by atoms with Gasteiger partial charge < -0.3 is 4.90 Å². The van der Waals surface area contributed by atoms with E-state index >= 15 is 0 Å². The van der Waals surface area contributed by atoms with Crippen LogP contribution in [0.25, 0.3) is 0 Å². The number of carbonyl (C=O) groups is 1. The molecule has 2 saturated heterocycles. The molecule has 1 N–H and O–H groups in total. The van der Waals surface area contributed by atoms with E-state index in [1.54, 1.807) is 4.90 Å². The molecule has 2 unspecified atom stereocenters. The largest absolute Gasteiger partial charge is 0.337 e. The summed E-state index contributed by atoms with van der Waals surface area (Å²) in [6, 6.07) is 2.85. The Bertz CT molecular complexity index is 969. The highest BCUT2D eigenvalue weighted by Gasteiger charge is 2.45. The van der Waals surface area contributed by atoms with Crippen LogP contribution in [-0.4, -0.2) is 57.8 Å². The van der Waals surface area contributed by atoms with Gasteiger partial charge in [0.15, 0.2) is 0 Å². The minimum absolute atomic E-state index is 0.0370. The van der Waals surface area contributed by atoms with Gasteiger partial charge in [-0.2, -0.15) is 0 Å². The molecular formula is C17H22ClFN2O5S2. The zero-order chi connectivity index (χ0) is 20.7. The van der Waals surface area contributed by atoms with Crippen molar-refractivity contribution in [2.24, 2.45) is 0 Å². The van der Waals surface area contributed by atoms with Crippen LogP contribution in [-0.2, 0) is 24.7 Å². The topological polar surface area (TPSA) is 101 Å². The lowest BCUT2D eigenvalue weighted by molar-refractivity contribution is -0.135. The number of sulfone groups is 1. The van der Waals surface area contributed by atoms with Gasteiger partial charge in [-0.3, -0.25) is 4.79 Å². The highest BCUT2D eigenvalue weighted by molar-refractivity contribution is 7.91. The van der Waals surface area contributed by atoms with E-state index in [9.17, 15) is 26.0 Å². The van der Waals surface area contributed by atoms with E-state index in [0.29, 0.717) is 12.8 Å². The second kappa shape index (κ2) is 7.89. The van der Waals surface area contributed by atoms with E-state index in [4.69, 9.17) is 11.6 Å². The van der Waals surface area contributed by atoms with Crippen LogP contribution in [0.5, 0.6) is 0 Å². The van der Waals surface area contributed by atoms with Crippen LogP contribution in [0, 0.1) is 5.82 Å². The Labute approximate surface area is 169 Å². The van der Waals surface area contributed by atoms with Crippen LogP contribution < -0.4 is 4.72 Å². The molecule has 0 aliphatic carbocycles. The highest BCUT2D eigenvalue weighted by atomic mass is 35.5. The zero-order valence-electron chi connectivity index (χ0n) is 15.3. The van der Waals surface area contributed by atoms with Crippen LogP contribution in [0.4, 0.5) is 4.39 Å². The molecule has 2 aliphatic rings. The molecule has 0 aromatic heterocycles. The average Bonchev–Trinajstić information content (AvgIpc) is 2.85. The molecular weight excluding hydrogens is 431 g/mol. The molecule has 1 amide bonds. The average molecular weight is 453 g/mol. The van der Waals surface area contributed by atoms with Crippen LogP contribution in [0.1, 0.15) is 32.1 Å². The van der Waals surface area contributed by atoms with Crippen molar-refractivity contribution in [2.75, 3.05) is 12.8 Å². The maximum absolute atomic E-state index is 13.2. The predicted molar refractivity (Wildman–Crippen MR) is 103 cm³/mol. The van der Waals surface area contributed by atoms with Crippen molar-refractivity contribution in [1.82, 2.24) is 9.62 Å². The number of amides is 1. The van der Waals surface area contributed by atoms with Crippen molar-refractivity contribution in [3.05, 3.63) is 29.0 Å². The van der Waals surface area contributed by atoms with Crippen molar-refractivity contribution >= 4 is 37.4 Å². The summed E-state index contributed by atoms with van der Waals surface area (Å²) in [5, 5.41) is -0.722. The fourth-order valence-corrected chi connectivity index (χ4v) is 6.48. The first-order valence-electron chi connectivity index (χ1n) is 8.94. The zero-order valence-corrected chi connectivity index (χ0v) is 17.7. The quantitative estimate of drug-likeness (QED) is 0.708. The first-order chi connectivity index (χ1) is 13.0. The molecule has 2 aliphatic heterocycles. The van der Waals surface area contributed by atoms with Gasteiger partial charge in [0.05, 0.1) is 15.2 Å². The summed E-state index contributed by atoms with van der Waals surface area (Å²) in [7, 11) is -7.06. The van der Waals surface area contributed by atoms with Gasteiger partial charge in [-0.25, -0.2) is 25.9 Å². The van der Waals surface area contributed by atoms with Gasteiger partial charge in [0.25, 0.3) is 0 Å². The van der Waals surface area contributed by atoms with Gasteiger partial charge >= 0.3 is 0 Å². The number of nitrogens with zero attached hydrogens (tertiary/aromatic N) is 1. The molecule has 2 fully saturated rings. The molecule has 156 valence electrons. The number of rotatable bonds is 6. The number of sulfonamides is 1. The number of halogens is 2. The monoisotopic (exact) mass is 452 g/mol. The number of piperidine rings is 1. The highest BCUT2D eigenvalue weighted by Crippen LogP contribution is 2.38. The Morgan fingerprint density at radius 2 is 1.82 bits per heavy atom. The van der Waals surface area contributed by atoms with Crippen molar-refractivity contribution in [2.45, 2.75) is 54.3 Å². The normalized spacial score (nSPS) is 25.1. The lowest BCUT2D eigenvalue weighted by atomic mass is 10.0. The van der Waals surface area contributed by atoms with Gasteiger partial charge in [0.1, 0.15) is 15.7 Å². The smallest absolute Gasteiger partial charge is 0.240 e. The van der Waals surface area contributed by atoms with E-state index in [-0.39, 0.29) is 40.9 Å². The van der Waals surface area contributed by atoms with Crippen LogP contribution in [0.3, 0.4) is 0 Å². The maximum atomic E-state index is 13.2. The Hall–Kier alpha value is -1.23. The third-order valence-electron chi connectivity index (χ3n) is 5.42. The molecule has 3 rings (SSSR count). The number of benzene rings is 1. The fourth-order valence-electron chi connectivity index (χ4n) is 4.03. The van der Waals surface area contributed by atoms with E-state index in [2.05, 4.69) is 4.72 Å². The van der Waals surface area contributed by atoms with Crippen molar-refractivity contribution in [3.8, 4) is 0 Å². The minimum Gasteiger partial charge on any atom is -0.337 e. The molecule has 2 atom stereocenters. The van der Waals surface area contributed by atoms with Crippen molar-refractivity contribution < 1.29 is 26.0 Å². The summed E-state index contributed by atoms with van der Waals surface area (Å²) in [5.74, 6) is -0.914. The molecule has 0 radical (unpaired) electrons. The summed E-state index contributed by atoms with van der Waals surface area (Å²) in [5.41, 5.74) is 0. The van der Waals surface area contributed by atoms with E-state index in [1.807, 2.05) is 0 Å². The summed E-state index contributed by atoms with van der Waals surface area (Å²) < 4.78 is 63.7. The first-order valence-corrected chi connectivity index (χ1v) is 12.8. The number of nitrogens with one attached hydrogen (secondary N) is 1. The Morgan fingerprint density at radius 1 is 1.21 bits per heavy atom. The molecule has 2 bridgehead atoms. The van der Waals surface area contributed by atoms with Gasteiger partial charge in [0, 0.05) is 31.3 Å². The third-order valence-corrected chi connectivity index (χ3v) is 8.76. The SMILES string of the molecule is CS(=O)(=O)C1CC2CCC(C1)N2C(=O)CCNS(=O)(=O)c1ccc(F)c(Cl)c1. The molecule has 28 heavy (non-hydrogen) atoms. The molecule has 2 heterocycles. The van der Waals surface area contributed by atoms with Crippen LogP contribution in [0.15, 0.2) is 23.1 Å². The number of hydrogen-bond acceptors (Lipinski definition) is 5. The number of fused-ring (bicyclic) bond motifs is 2. The van der Waals surface area contributed by atoms with Crippen LogP contribution in [0.2, 0.25) is 5.02 Å². The lowest BCUT2D eigenvalue weighted by Crippen LogP contribution is -2.50. The van der Waals surface area contributed by atoms with Crippen molar-refractivity contribution in [3.63, 3.8) is 0 Å². The van der Waals surface area contributed by atoms with Gasteiger partial charge in [-0.15, -0.1) is 0 Å². The minimum atomic E-state index is -3.92. The molecule has 7 nitrogen and oxygen atoms in total. The first kappa shape index (κ1) is 21.5. The Morgan fingerprint density at radius 3 is 2.36 bits per heavy atom. The summed E-state index contributed by atoms with van der Waals surface area (Å²) in [6.45, 7) is -0.110. The third kappa shape index (κ3) is 4.50. The van der Waals surface area contributed by atoms with E-state index < -0.39 is 30.9 Å². The second-order valence-electron chi connectivity index (χ2n) is 7.33. The van der Waals surface area contributed by atoms with Gasteiger partial charge in [-0.1, -0.05) is 11.6 Å². The number of carbonyl (C=O) groups excluding carboxylic acids is 1. The summed E-state index contributed by atoms with van der Waals surface area (Å²) in [4.78, 5) is 14.2. The standard InChI is InChI=1S/C17H22ClFN2O5S2/c1-27(23,24)14-8-11-2-3-12(9-14)21(11)17(22)6-7-20-28(25,26)13-4-5-16(19)15(18)10-13/h4-5,10-12,14,20H,2-3,6-9H2,1H3. The van der Waals surface area contributed by atoms with Crippen LogP contribution >= 0.6 is 11.6 Å². The van der Waals surface area contributed by atoms with E-state index in [1.165, 1.54) is 6.26 Å². The van der Waals surface area contributed by atoms with Gasteiger partial charge in [-0.05, 0) is 43.9 Å². The lowest BCUT2D eigenvalue weighted by Gasteiger charge is -2.38. The van der Waals surface area contributed by atoms with E-state index in [0.717, 1.165) is 31.0 Å². The summed E-state index contributed by atoms with van der Waals surface area (Å²) >= 11 is 5.62. The van der Waals surface area contributed by atoms with Gasteiger partial charge in [0.2, 0.25) is 15.9 Å².